The molecule has 1 nitrogen and oxygen atoms in total. The zero-order valence-electron chi connectivity index (χ0n) is 6.32. The van der Waals surface area contributed by atoms with E-state index in [-0.39, 0.29) is 45.3 Å². The van der Waals surface area contributed by atoms with E-state index in [9.17, 15) is 0 Å². The van der Waals surface area contributed by atoms with Gasteiger partial charge in [-0.05, 0) is 12.1 Å². The van der Waals surface area contributed by atoms with Crippen LogP contribution in [0.15, 0.2) is 30.3 Å². The van der Waals surface area contributed by atoms with E-state index in [1.54, 1.807) is 0 Å². The van der Waals surface area contributed by atoms with Gasteiger partial charge in [0.2, 0.25) is 0 Å². The summed E-state index contributed by atoms with van der Waals surface area (Å²) < 4.78 is 5.34. The van der Waals surface area contributed by atoms with E-state index in [1.807, 2.05) is 30.3 Å². The van der Waals surface area contributed by atoms with E-state index < -0.39 is 0 Å². The van der Waals surface area contributed by atoms with Crippen molar-refractivity contribution >= 4 is 6.08 Å². The molecule has 3 heteroatoms. The fourth-order valence-electron chi connectivity index (χ4n) is 1.06. The third-order valence-electron chi connectivity index (χ3n) is 1.55. The summed E-state index contributed by atoms with van der Waals surface area (Å²) in [5, 5.41) is 0. The largest absolute Gasteiger partial charge is 0.489 e. The van der Waals surface area contributed by atoms with Crippen molar-refractivity contribution in [2.45, 2.75) is 7.43 Å². The van der Waals surface area contributed by atoms with Crippen LogP contribution in [0, 0.1) is 0 Å². The van der Waals surface area contributed by atoms with Crippen LogP contribution in [0.2, 0.25) is 0 Å². The first-order chi connectivity index (χ1) is 4.97. The topological polar surface area (TPSA) is 9.23 Å². The fourth-order valence-corrected chi connectivity index (χ4v) is 1.06. The summed E-state index contributed by atoms with van der Waals surface area (Å²) in [4.78, 5) is 0. The molecule has 1 radical (unpaired) electrons. The van der Waals surface area contributed by atoms with Crippen molar-refractivity contribution in [2.24, 2.45) is 0 Å². The molecule has 0 unspecified atom stereocenters. The second-order valence-electron chi connectivity index (χ2n) is 2.25. The molecule has 1 aromatic carbocycles. The minimum absolute atomic E-state index is 0. The van der Waals surface area contributed by atoms with Crippen LogP contribution < -0.4 is 4.74 Å². The predicted molar refractivity (Wildman–Crippen MR) is 47.7 cm³/mol. The zero-order valence-corrected chi connectivity index (χ0v) is 10.3. The van der Waals surface area contributed by atoms with Crippen molar-refractivity contribution in [1.82, 2.24) is 0 Å². The summed E-state index contributed by atoms with van der Waals surface area (Å²) in [6.45, 7) is 0.705. The first kappa shape index (κ1) is 15.4. The monoisotopic (exact) mass is 391 g/mol. The Hall–Kier alpha value is -0.0452. The third kappa shape index (κ3) is 3.67. The van der Waals surface area contributed by atoms with Crippen LogP contribution >= 0.6 is 0 Å². The third-order valence-corrected chi connectivity index (χ3v) is 1.55. The SMILES string of the molecule is C.C1=Cc2ccccc2OC1.[Co].[W]. The minimum atomic E-state index is 0. The molecule has 0 spiro atoms. The summed E-state index contributed by atoms with van der Waals surface area (Å²) in [7, 11) is 0. The smallest absolute Gasteiger partial charge is 0.126 e. The van der Waals surface area contributed by atoms with Crippen molar-refractivity contribution in [1.29, 1.82) is 0 Å². The second kappa shape index (κ2) is 7.37. The van der Waals surface area contributed by atoms with Crippen LogP contribution in [0.25, 0.3) is 6.08 Å². The van der Waals surface area contributed by atoms with Gasteiger partial charge in [0.25, 0.3) is 0 Å². The Kier molecular flexibility index (Phi) is 8.74. The Morgan fingerprint density at radius 3 is 2.54 bits per heavy atom. The molecule has 0 amide bonds. The normalized spacial score (nSPS) is 10.8. The fraction of sp³-hybridized carbons (Fsp3) is 0.200. The van der Waals surface area contributed by atoms with Crippen LogP contribution in [0.4, 0.5) is 0 Å². The molecule has 0 aliphatic carbocycles. The van der Waals surface area contributed by atoms with Gasteiger partial charge in [0, 0.05) is 43.4 Å². The summed E-state index contributed by atoms with van der Waals surface area (Å²) >= 11 is 0. The van der Waals surface area contributed by atoms with E-state index in [1.165, 1.54) is 5.56 Å². The quantitative estimate of drug-likeness (QED) is 0.661. The number of para-hydroxylation sites is 1. The van der Waals surface area contributed by atoms with Gasteiger partial charge in [0.1, 0.15) is 12.4 Å². The zero-order chi connectivity index (χ0) is 6.81. The van der Waals surface area contributed by atoms with Crippen molar-refractivity contribution in [2.75, 3.05) is 6.61 Å². The van der Waals surface area contributed by atoms with Crippen LogP contribution in [0.5, 0.6) is 5.75 Å². The molecular formula is C10H12CoOW. The maximum absolute atomic E-state index is 5.34. The summed E-state index contributed by atoms with van der Waals surface area (Å²) in [6.07, 6.45) is 4.10. The molecule has 1 aromatic rings. The first-order valence-electron chi connectivity index (χ1n) is 3.35. The minimum Gasteiger partial charge on any atom is -0.489 e. The maximum Gasteiger partial charge on any atom is 0.126 e. The van der Waals surface area contributed by atoms with Gasteiger partial charge in [-0.15, -0.1) is 0 Å². The van der Waals surface area contributed by atoms with Gasteiger partial charge in [-0.2, -0.15) is 0 Å². The second-order valence-corrected chi connectivity index (χ2v) is 2.25. The Labute approximate surface area is 104 Å². The predicted octanol–water partition coefficient (Wildman–Crippen LogP) is 2.72. The van der Waals surface area contributed by atoms with Crippen molar-refractivity contribution in [3.05, 3.63) is 35.9 Å². The van der Waals surface area contributed by atoms with E-state index in [2.05, 4.69) is 6.08 Å². The molecule has 73 valence electrons. The Morgan fingerprint density at radius 1 is 1.15 bits per heavy atom. The standard InChI is InChI=1S/C9H8O.CH4.Co.W/c1-2-6-9-8(4-1)5-3-7-10-9;;;/h1-6H,7H2;1H4;;. The first-order valence-corrected chi connectivity index (χ1v) is 3.35. The van der Waals surface area contributed by atoms with Crippen LogP contribution in [-0.2, 0) is 37.8 Å². The van der Waals surface area contributed by atoms with Gasteiger partial charge < -0.3 is 4.74 Å². The Morgan fingerprint density at radius 2 is 1.85 bits per heavy atom. The van der Waals surface area contributed by atoms with Crippen LogP contribution in [0.3, 0.4) is 0 Å². The molecule has 1 aliphatic heterocycles. The molecule has 0 N–H and O–H groups in total. The van der Waals surface area contributed by atoms with E-state index in [0.29, 0.717) is 6.61 Å². The molecule has 0 atom stereocenters. The number of benzene rings is 1. The summed E-state index contributed by atoms with van der Waals surface area (Å²) in [5.41, 5.74) is 1.17. The van der Waals surface area contributed by atoms with Crippen LogP contribution in [0.1, 0.15) is 13.0 Å². The van der Waals surface area contributed by atoms with Gasteiger partial charge in [0.05, 0.1) is 0 Å². The molecule has 1 aliphatic rings. The number of fused-ring (bicyclic) bond motifs is 1. The molecule has 0 aromatic heterocycles. The van der Waals surface area contributed by atoms with Gasteiger partial charge in [0.15, 0.2) is 0 Å². The molecule has 0 bridgehead atoms. The van der Waals surface area contributed by atoms with E-state index in [4.69, 9.17) is 4.74 Å². The van der Waals surface area contributed by atoms with Crippen molar-refractivity contribution in [3.63, 3.8) is 0 Å². The van der Waals surface area contributed by atoms with Crippen molar-refractivity contribution in [3.8, 4) is 5.75 Å². The number of rotatable bonds is 0. The molecule has 1 heterocycles. The Bertz CT molecular complexity index is 273. The Balaban J connectivity index is 0. The molecule has 0 fully saturated rings. The molecular weight excluding hydrogens is 379 g/mol. The molecule has 0 saturated heterocycles. The molecule has 2 rings (SSSR count). The number of ether oxygens (including phenoxy) is 1. The summed E-state index contributed by atoms with van der Waals surface area (Å²) in [6, 6.07) is 8.03. The van der Waals surface area contributed by atoms with Gasteiger partial charge in [-0.25, -0.2) is 0 Å². The number of hydrogen-bond donors (Lipinski definition) is 0. The van der Waals surface area contributed by atoms with E-state index in [0.717, 1.165) is 5.75 Å². The summed E-state index contributed by atoms with van der Waals surface area (Å²) in [5.74, 6) is 0.991. The van der Waals surface area contributed by atoms with Gasteiger partial charge >= 0.3 is 0 Å². The van der Waals surface area contributed by atoms with Crippen LogP contribution in [-0.4, -0.2) is 6.61 Å². The average Bonchev–Trinajstić information content (AvgIpc) is 2.05. The van der Waals surface area contributed by atoms with Crippen molar-refractivity contribution < 1.29 is 42.6 Å². The van der Waals surface area contributed by atoms with Gasteiger partial charge in [-0.3, -0.25) is 0 Å². The molecule has 13 heavy (non-hydrogen) atoms. The van der Waals surface area contributed by atoms with Gasteiger partial charge in [-0.1, -0.05) is 31.7 Å². The van der Waals surface area contributed by atoms with E-state index >= 15 is 0 Å². The maximum atomic E-state index is 5.34. The molecule has 0 saturated carbocycles. The average molecular weight is 391 g/mol. The number of hydrogen-bond acceptors (Lipinski definition) is 1.